The zero-order valence-corrected chi connectivity index (χ0v) is 19.3. The van der Waals surface area contributed by atoms with Crippen molar-refractivity contribution >= 4 is 29.3 Å². The van der Waals surface area contributed by atoms with Crippen LogP contribution < -0.4 is 15.0 Å². The van der Waals surface area contributed by atoms with Crippen molar-refractivity contribution in [3.05, 3.63) is 54.1 Å². The van der Waals surface area contributed by atoms with Crippen LogP contribution in [0.4, 0.5) is 5.69 Å². The maximum Gasteiger partial charge on any atom is 0.237 e. The molecule has 0 aromatic heterocycles. The SMILES string of the molecule is CCN(CC)C(CNC(=O)CCN1C(=O)CSc2ccccc21)c1cccc(OC)c1. The summed E-state index contributed by atoms with van der Waals surface area (Å²) in [4.78, 5) is 30.2. The molecule has 0 saturated heterocycles. The lowest BCUT2D eigenvalue weighted by molar-refractivity contribution is -0.121. The normalized spacial score (nSPS) is 14.3. The van der Waals surface area contributed by atoms with Gasteiger partial charge in [0.2, 0.25) is 11.8 Å². The third-order valence-electron chi connectivity index (χ3n) is 5.60. The van der Waals surface area contributed by atoms with Crippen molar-refractivity contribution < 1.29 is 14.3 Å². The molecule has 6 nitrogen and oxygen atoms in total. The first-order valence-electron chi connectivity index (χ1n) is 10.7. The number of nitrogens with zero attached hydrogens (tertiary/aromatic N) is 2. The number of rotatable bonds is 10. The van der Waals surface area contributed by atoms with Crippen LogP contribution in [-0.4, -0.2) is 55.8 Å². The molecule has 0 fully saturated rings. The fourth-order valence-electron chi connectivity index (χ4n) is 3.88. The lowest BCUT2D eigenvalue weighted by Crippen LogP contribution is -2.41. The molecule has 7 heteroatoms. The summed E-state index contributed by atoms with van der Waals surface area (Å²) in [5, 5.41) is 3.08. The van der Waals surface area contributed by atoms with Gasteiger partial charge in [0.25, 0.3) is 0 Å². The minimum atomic E-state index is -0.0523. The van der Waals surface area contributed by atoms with Gasteiger partial charge in [-0.2, -0.15) is 0 Å². The molecule has 2 aromatic carbocycles. The first-order valence-corrected chi connectivity index (χ1v) is 11.7. The predicted molar refractivity (Wildman–Crippen MR) is 126 cm³/mol. The van der Waals surface area contributed by atoms with Crippen LogP contribution in [0.1, 0.15) is 31.9 Å². The molecule has 3 rings (SSSR count). The molecule has 1 heterocycles. The van der Waals surface area contributed by atoms with Crippen molar-refractivity contribution in [3.8, 4) is 5.75 Å². The van der Waals surface area contributed by atoms with Gasteiger partial charge in [-0.15, -0.1) is 11.8 Å². The maximum absolute atomic E-state index is 12.7. The van der Waals surface area contributed by atoms with Gasteiger partial charge in [0.05, 0.1) is 24.6 Å². The van der Waals surface area contributed by atoms with Crippen LogP contribution in [-0.2, 0) is 9.59 Å². The van der Waals surface area contributed by atoms with E-state index < -0.39 is 0 Å². The topological polar surface area (TPSA) is 61.9 Å². The molecule has 0 radical (unpaired) electrons. The molecule has 2 aromatic rings. The largest absolute Gasteiger partial charge is 0.497 e. The Morgan fingerprint density at radius 2 is 1.97 bits per heavy atom. The number of benzene rings is 2. The Morgan fingerprint density at radius 1 is 1.19 bits per heavy atom. The number of amides is 2. The molecule has 1 aliphatic heterocycles. The quantitative estimate of drug-likeness (QED) is 0.609. The van der Waals surface area contributed by atoms with Gasteiger partial charge in [-0.05, 0) is 42.9 Å². The van der Waals surface area contributed by atoms with Crippen molar-refractivity contribution in [1.82, 2.24) is 10.2 Å². The molecule has 1 unspecified atom stereocenters. The Balaban J connectivity index is 1.63. The van der Waals surface area contributed by atoms with Crippen molar-refractivity contribution in [2.75, 3.05) is 43.9 Å². The second-order valence-corrected chi connectivity index (χ2v) is 8.39. The Morgan fingerprint density at radius 3 is 2.71 bits per heavy atom. The van der Waals surface area contributed by atoms with Gasteiger partial charge in [0.1, 0.15) is 5.75 Å². The first-order chi connectivity index (χ1) is 15.1. The van der Waals surface area contributed by atoms with Crippen molar-refractivity contribution in [2.24, 2.45) is 0 Å². The van der Waals surface area contributed by atoms with Crippen LogP contribution in [0.3, 0.4) is 0 Å². The number of fused-ring (bicyclic) bond motifs is 1. The Kier molecular flexibility index (Phi) is 8.37. The second kappa shape index (κ2) is 11.2. The van der Waals surface area contributed by atoms with E-state index in [1.807, 2.05) is 42.5 Å². The van der Waals surface area contributed by atoms with Crippen molar-refractivity contribution in [3.63, 3.8) is 0 Å². The molecule has 166 valence electrons. The molecule has 1 atom stereocenters. The number of carbonyl (C=O) groups is 2. The average molecular weight is 442 g/mol. The van der Waals surface area contributed by atoms with Gasteiger partial charge in [-0.1, -0.05) is 38.1 Å². The number of hydrogen-bond donors (Lipinski definition) is 1. The van der Waals surface area contributed by atoms with E-state index in [1.165, 1.54) is 0 Å². The summed E-state index contributed by atoms with van der Waals surface area (Å²) in [7, 11) is 1.66. The number of methoxy groups -OCH3 is 1. The maximum atomic E-state index is 12.7. The van der Waals surface area contributed by atoms with Crippen LogP contribution in [0.25, 0.3) is 0 Å². The van der Waals surface area contributed by atoms with E-state index in [1.54, 1.807) is 23.8 Å². The molecule has 31 heavy (non-hydrogen) atoms. The van der Waals surface area contributed by atoms with E-state index in [4.69, 9.17) is 4.74 Å². The third kappa shape index (κ3) is 5.80. The van der Waals surface area contributed by atoms with E-state index in [-0.39, 0.29) is 24.3 Å². The van der Waals surface area contributed by atoms with Crippen LogP contribution >= 0.6 is 11.8 Å². The summed E-state index contributed by atoms with van der Waals surface area (Å²) in [5.41, 5.74) is 2.01. The van der Waals surface area contributed by atoms with Gasteiger partial charge in [-0.25, -0.2) is 0 Å². The zero-order chi connectivity index (χ0) is 22.2. The molecule has 1 N–H and O–H groups in total. The van der Waals surface area contributed by atoms with Crippen molar-refractivity contribution in [1.29, 1.82) is 0 Å². The third-order valence-corrected chi connectivity index (χ3v) is 6.64. The highest BCUT2D eigenvalue weighted by Crippen LogP contribution is 2.34. The smallest absolute Gasteiger partial charge is 0.237 e. The zero-order valence-electron chi connectivity index (χ0n) is 18.5. The fraction of sp³-hybridized carbons (Fsp3) is 0.417. The standard InChI is InChI=1S/C24H31N3O3S/c1-4-26(5-2)21(18-9-8-10-19(15-18)30-3)16-25-23(28)13-14-27-20-11-6-7-12-22(20)31-17-24(27)29/h6-12,15,21H,4-5,13-14,16-17H2,1-3H3,(H,25,28). The highest BCUT2D eigenvalue weighted by atomic mass is 32.2. The van der Waals surface area contributed by atoms with Crippen LogP contribution in [0, 0.1) is 0 Å². The summed E-state index contributed by atoms with van der Waals surface area (Å²) in [5.74, 6) is 1.22. The average Bonchev–Trinajstić information content (AvgIpc) is 2.81. The van der Waals surface area contributed by atoms with E-state index >= 15 is 0 Å². The predicted octanol–water partition coefficient (Wildman–Crippen LogP) is 3.72. The molecular weight excluding hydrogens is 410 g/mol. The van der Waals surface area contributed by atoms with Crippen LogP contribution in [0.2, 0.25) is 0 Å². The Bertz CT molecular complexity index is 901. The number of hydrogen-bond acceptors (Lipinski definition) is 5. The number of anilines is 1. The number of thioether (sulfide) groups is 1. The molecule has 2 amide bonds. The van der Waals surface area contributed by atoms with E-state index in [0.29, 0.717) is 18.8 Å². The minimum Gasteiger partial charge on any atom is -0.497 e. The second-order valence-electron chi connectivity index (χ2n) is 7.37. The van der Waals surface area contributed by atoms with Gasteiger partial charge in [0, 0.05) is 24.4 Å². The summed E-state index contributed by atoms with van der Waals surface area (Å²) >= 11 is 1.55. The number of para-hydroxylation sites is 1. The lowest BCUT2D eigenvalue weighted by Gasteiger charge is -2.31. The molecule has 0 aliphatic carbocycles. The first kappa shape index (κ1) is 23.2. The van der Waals surface area contributed by atoms with E-state index in [9.17, 15) is 9.59 Å². The molecule has 1 aliphatic rings. The van der Waals surface area contributed by atoms with E-state index in [2.05, 4.69) is 30.1 Å². The summed E-state index contributed by atoms with van der Waals surface area (Å²) < 4.78 is 5.38. The minimum absolute atomic E-state index is 0.0499. The Hall–Kier alpha value is -2.51. The number of carbonyl (C=O) groups excluding carboxylic acids is 2. The van der Waals surface area contributed by atoms with E-state index in [0.717, 1.165) is 35.0 Å². The van der Waals surface area contributed by atoms with Gasteiger partial charge in [-0.3, -0.25) is 14.5 Å². The van der Waals surface area contributed by atoms with Crippen molar-refractivity contribution in [2.45, 2.75) is 31.2 Å². The van der Waals surface area contributed by atoms with Crippen LogP contribution in [0.5, 0.6) is 5.75 Å². The monoisotopic (exact) mass is 441 g/mol. The molecule has 0 bridgehead atoms. The molecule has 0 spiro atoms. The van der Waals surface area contributed by atoms with Crippen LogP contribution in [0.15, 0.2) is 53.4 Å². The summed E-state index contributed by atoms with van der Waals surface area (Å²) in [6, 6.07) is 15.9. The van der Waals surface area contributed by atoms with Gasteiger partial charge < -0.3 is 15.0 Å². The molecular formula is C24H31N3O3S. The fourth-order valence-corrected chi connectivity index (χ4v) is 4.82. The highest BCUT2D eigenvalue weighted by Gasteiger charge is 2.25. The molecule has 0 saturated carbocycles. The summed E-state index contributed by atoms with van der Waals surface area (Å²) in [6.45, 7) is 6.90. The number of nitrogens with one attached hydrogen (secondary N) is 1. The lowest BCUT2D eigenvalue weighted by atomic mass is 10.0. The van der Waals surface area contributed by atoms with Gasteiger partial charge in [0.15, 0.2) is 0 Å². The van der Waals surface area contributed by atoms with Gasteiger partial charge >= 0.3 is 0 Å². The summed E-state index contributed by atoms with van der Waals surface area (Å²) in [6.07, 6.45) is 0.272. The Labute approximate surface area is 188 Å². The number of likely N-dealkylation sites (N-methyl/N-ethyl adjacent to an activating group) is 1. The number of ether oxygens (including phenoxy) is 1. The highest BCUT2D eigenvalue weighted by molar-refractivity contribution is 8.00.